The molecule has 0 aliphatic heterocycles. The molecule has 0 bridgehead atoms. The number of hydrogen-bond donors (Lipinski definition) is 3. The molecule has 1 saturated carbocycles. The number of rotatable bonds is 9. The molecule has 24 heavy (non-hydrogen) atoms. The van der Waals surface area contributed by atoms with E-state index in [4.69, 9.17) is 0 Å². The predicted octanol–water partition coefficient (Wildman–Crippen LogP) is 3.10. The third kappa shape index (κ3) is 5.34. The van der Waals surface area contributed by atoms with Gasteiger partial charge in [0.1, 0.15) is 0 Å². The van der Waals surface area contributed by atoms with Crippen LogP contribution >= 0.6 is 0 Å². The Balaban J connectivity index is 1.94. The molecule has 0 radical (unpaired) electrons. The Bertz CT molecular complexity index is 576. The van der Waals surface area contributed by atoms with Gasteiger partial charge in [0.2, 0.25) is 5.91 Å². The highest BCUT2D eigenvalue weighted by Crippen LogP contribution is 2.30. The Morgan fingerprint density at radius 3 is 2.46 bits per heavy atom. The van der Waals surface area contributed by atoms with Crippen molar-refractivity contribution in [3.8, 4) is 0 Å². The van der Waals surface area contributed by atoms with E-state index in [1.807, 2.05) is 13.8 Å². The summed E-state index contributed by atoms with van der Waals surface area (Å²) in [5.74, 6) is -0.0865. The normalized spacial score (nSPS) is 14.3. The summed E-state index contributed by atoms with van der Waals surface area (Å²) in [5, 5.41) is 16.2. The predicted molar refractivity (Wildman–Crippen MR) is 94.9 cm³/mol. The number of nitrogens with one attached hydrogen (secondary N) is 2. The molecule has 1 aromatic rings. The number of hydrogen-bond acceptors (Lipinski definition) is 3. The molecular weight excluding hydrogens is 304 g/mol. The van der Waals surface area contributed by atoms with E-state index in [9.17, 15) is 14.7 Å². The van der Waals surface area contributed by atoms with Gasteiger partial charge in [0.05, 0.1) is 5.60 Å². The van der Waals surface area contributed by atoms with Crippen molar-refractivity contribution in [2.45, 2.75) is 58.0 Å². The van der Waals surface area contributed by atoms with Crippen LogP contribution < -0.4 is 10.6 Å². The van der Waals surface area contributed by atoms with Gasteiger partial charge < -0.3 is 15.7 Å². The molecule has 1 aliphatic rings. The zero-order valence-electron chi connectivity index (χ0n) is 14.6. The SMILES string of the molecule is CCCC(O)(CCC)CNC(=O)c1cccc(NC(=O)C2CC2)c1. The first-order valence-corrected chi connectivity index (χ1v) is 8.89. The van der Waals surface area contributed by atoms with E-state index in [-0.39, 0.29) is 24.3 Å². The van der Waals surface area contributed by atoms with Gasteiger partial charge in [0, 0.05) is 23.7 Å². The zero-order chi connectivity index (χ0) is 17.6. The van der Waals surface area contributed by atoms with Gasteiger partial charge in [-0.2, -0.15) is 0 Å². The first-order chi connectivity index (χ1) is 11.5. The lowest BCUT2D eigenvalue weighted by atomic mass is 9.92. The molecule has 0 unspecified atom stereocenters. The molecule has 2 rings (SSSR count). The molecule has 5 heteroatoms. The monoisotopic (exact) mass is 332 g/mol. The van der Waals surface area contributed by atoms with Crippen LogP contribution in [0.25, 0.3) is 0 Å². The Hall–Kier alpha value is -1.88. The first kappa shape index (κ1) is 18.5. The molecule has 0 aromatic heterocycles. The maximum Gasteiger partial charge on any atom is 0.251 e. The van der Waals surface area contributed by atoms with Gasteiger partial charge >= 0.3 is 0 Å². The minimum absolute atomic E-state index is 0.0211. The number of benzene rings is 1. The van der Waals surface area contributed by atoms with Crippen LogP contribution in [0.4, 0.5) is 5.69 Å². The summed E-state index contributed by atoms with van der Waals surface area (Å²) in [7, 11) is 0. The van der Waals surface area contributed by atoms with Crippen molar-refractivity contribution in [1.29, 1.82) is 0 Å². The summed E-state index contributed by atoms with van der Waals surface area (Å²) >= 11 is 0. The van der Waals surface area contributed by atoms with Crippen molar-refractivity contribution in [2.24, 2.45) is 5.92 Å². The molecule has 0 spiro atoms. The molecule has 5 nitrogen and oxygen atoms in total. The van der Waals surface area contributed by atoms with E-state index < -0.39 is 5.60 Å². The fourth-order valence-electron chi connectivity index (χ4n) is 2.91. The lowest BCUT2D eigenvalue weighted by Crippen LogP contribution is -2.42. The molecular formula is C19H28N2O3. The quantitative estimate of drug-likeness (QED) is 0.650. The van der Waals surface area contributed by atoms with E-state index in [1.165, 1.54) is 0 Å². The van der Waals surface area contributed by atoms with E-state index in [2.05, 4.69) is 10.6 Å². The van der Waals surface area contributed by atoms with Crippen molar-refractivity contribution in [1.82, 2.24) is 5.32 Å². The molecule has 2 amide bonds. The standard InChI is InChI=1S/C19H28N2O3/c1-3-10-19(24,11-4-2)13-20-17(22)15-6-5-7-16(12-15)21-18(23)14-8-9-14/h5-7,12,14,24H,3-4,8-11,13H2,1-2H3,(H,20,22)(H,21,23). The van der Waals surface area contributed by atoms with E-state index in [0.29, 0.717) is 24.1 Å². The van der Waals surface area contributed by atoms with Crippen LogP contribution in [-0.2, 0) is 4.79 Å². The lowest BCUT2D eigenvalue weighted by Gasteiger charge is -2.27. The molecule has 132 valence electrons. The number of amides is 2. The van der Waals surface area contributed by atoms with Crippen molar-refractivity contribution < 1.29 is 14.7 Å². The summed E-state index contributed by atoms with van der Waals surface area (Å²) in [4.78, 5) is 24.2. The molecule has 1 aromatic carbocycles. The maximum absolute atomic E-state index is 12.3. The number of anilines is 1. The highest BCUT2D eigenvalue weighted by atomic mass is 16.3. The van der Waals surface area contributed by atoms with Crippen molar-refractivity contribution in [3.05, 3.63) is 29.8 Å². The smallest absolute Gasteiger partial charge is 0.251 e. The van der Waals surface area contributed by atoms with Crippen LogP contribution in [0.2, 0.25) is 0 Å². The number of carbonyl (C=O) groups excluding carboxylic acids is 2. The van der Waals surface area contributed by atoms with E-state index >= 15 is 0 Å². The van der Waals surface area contributed by atoms with E-state index in [0.717, 1.165) is 25.7 Å². The van der Waals surface area contributed by atoms with Gasteiger partial charge in [0.15, 0.2) is 0 Å². The van der Waals surface area contributed by atoms with Crippen LogP contribution in [0.5, 0.6) is 0 Å². The Morgan fingerprint density at radius 1 is 1.21 bits per heavy atom. The maximum atomic E-state index is 12.3. The summed E-state index contributed by atoms with van der Waals surface area (Å²) in [6, 6.07) is 6.92. The Kier molecular flexibility index (Phi) is 6.37. The van der Waals surface area contributed by atoms with Crippen LogP contribution in [0.15, 0.2) is 24.3 Å². The molecule has 0 atom stereocenters. The van der Waals surface area contributed by atoms with Crippen molar-refractivity contribution in [3.63, 3.8) is 0 Å². The average Bonchev–Trinajstić information content (AvgIpc) is 3.38. The molecule has 1 fully saturated rings. The lowest BCUT2D eigenvalue weighted by molar-refractivity contribution is -0.117. The Labute approximate surface area is 143 Å². The van der Waals surface area contributed by atoms with Crippen LogP contribution in [0.1, 0.15) is 62.7 Å². The highest BCUT2D eigenvalue weighted by Gasteiger charge is 2.29. The molecule has 3 N–H and O–H groups in total. The third-order valence-electron chi connectivity index (χ3n) is 4.35. The second kappa shape index (κ2) is 8.29. The van der Waals surface area contributed by atoms with Gasteiger partial charge in [-0.05, 0) is 43.9 Å². The van der Waals surface area contributed by atoms with Gasteiger partial charge in [-0.25, -0.2) is 0 Å². The third-order valence-corrected chi connectivity index (χ3v) is 4.35. The van der Waals surface area contributed by atoms with Crippen LogP contribution in [0, 0.1) is 5.92 Å². The van der Waals surface area contributed by atoms with Gasteiger partial charge in [-0.15, -0.1) is 0 Å². The zero-order valence-corrected chi connectivity index (χ0v) is 14.6. The fraction of sp³-hybridized carbons (Fsp3) is 0.579. The van der Waals surface area contributed by atoms with Crippen LogP contribution in [-0.4, -0.2) is 29.1 Å². The molecule has 0 heterocycles. The van der Waals surface area contributed by atoms with Gasteiger partial charge in [-0.1, -0.05) is 32.8 Å². The summed E-state index contributed by atoms with van der Waals surface area (Å²) in [6.07, 6.45) is 4.96. The minimum Gasteiger partial charge on any atom is -0.388 e. The Morgan fingerprint density at radius 2 is 1.88 bits per heavy atom. The largest absolute Gasteiger partial charge is 0.388 e. The van der Waals surface area contributed by atoms with Crippen molar-refractivity contribution >= 4 is 17.5 Å². The number of carbonyl (C=O) groups is 2. The molecule has 1 aliphatic carbocycles. The van der Waals surface area contributed by atoms with Crippen molar-refractivity contribution in [2.75, 3.05) is 11.9 Å². The minimum atomic E-state index is -0.850. The fourth-order valence-corrected chi connectivity index (χ4v) is 2.91. The second-order valence-electron chi connectivity index (χ2n) is 6.75. The summed E-state index contributed by atoms with van der Waals surface area (Å²) in [6.45, 7) is 4.29. The number of aliphatic hydroxyl groups is 1. The average molecular weight is 332 g/mol. The van der Waals surface area contributed by atoms with Gasteiger partial charge in [0.25, 0.3) is 5.91 Å². The molecule has 0 saturated heterocycles. The van der Waals surface area contributed by atoms with Gasteiger partial charge in [-0.3, -0.25) is 9.59 Å². The highest BCUT2D eigenvalue weighted by molar-refractivity contribution is 5.98. The first-order valence-electron chi connectivity index (χ1n) is 8.89. The summed E-state index contributed by atoms with van der Waals surface area (Å²) < 4.78 is 0. The van der Waals surface area contributed by atoms with E-state index in [1.54, 1.807) is 24.3 Å². The second-order valence-corrected chi connectivity index (χ2v) is 6.75. The topological polar surface area (TPSA) is 78.4 Å². The van der Waals surface area contributed by atoms with Crippen LogP contribution in [0.3, 0.4) is 0 Å². The summed E-state index contributed by atoms with van der Waals surface area (Å²) in [5.41, 5.74) is 0.271.